The topological polar surface area (TPSA) is 150 Å². The normalized spacial score (nSPS) is 12.7. The Hall–Kier alpha value is -4.88. The summed E-state index contributed by atoms with van der Waals surface area (Å²) in [7, 11) is 0. The van der Waals surface area contributed by atoms with Crippen molar-refractivity contribution in [1.29, 1.82) is 0 Å². The number of hydrogen-bond acceptors (Lipinski definition) is 9. The monoisotopic (exact) mass is 653 g/mol. The maximum Gasteiger partial charge on any atom is 0.423 e. The first-order valence-electron chi connectivity index (χ1n) is 12.6. The summed E-state index contributed by atoms with van der Waals surface area (Å²) >= 11 is 0. The number of H-pyrrole nitrogens is 1. The molecular weight excluding hydrogens is 633 g/mol. The van der Waals surface area contributed by atoms with Crippen LogP contribution >= 0.6 is 0 Å². The maximum absolute atomic E-state index is 15.2. The number of anilines is 2. The van der Waals surface area contributed by atoms with Crippen LogP contribution < -0.4 is 26.9 Å². The molecule has 11 nitrogen and oxygen atoms in total. The van der Waals surface area contributed by atoms with Gasteiger partial charge in [0.25, 0.3) is 11.1 Å². The fraction of sp³-hybridized carbons (Fsp3) is 0.320. The molecule has 0 saturated heterocycles. The van der Waals surface area contributed by atoms with Gasteiger partial charge in [-0.05, 0) is 30.4 Å². The van der Waals surface area contributed by atoms with Crippen molar-refractivity contribution in [3.05, 3.63) is 68.6 Å². The van der Waals surface area contributed by atoms with Gasteiger partial charge in [-0.25, -0.2) is 23.8 Å². The number of nitrogens with zero attached hydrogens (tertiary/aromatic N) is 4. The van der Waals surface area contributed by atoms with Crippen molar-refractivity contribution in [2.24, 2.45) is 0 Å². The number of nitrogen functional groups attached to an aromatic ring is 1. The van der Waals surface area contributed by atoms with Gasteiger partial charge in [-0.3, -0.25) is 9.59 Å². The highest BCUT2D eigenvalue weighted by Crippen LogP contribution is 2.32. The Morgan fingerprint density at radius 1 is 1.07 bits per heavy atom. The van der Waals surface area contributed by atoms with E-state index in [4.69, 9.17) is 5.73 Å². The molecular formula is C25H20F9N7O4. The van der Waals surface area contributed by atoms with Gasteiger partial charge >= 0.3 is 19.4 Å². The van der Waals surface area contributed by atoms with Crippen LogP contribution in [0.3, 0.4) is 0 Å². The Bertz CT molecular complexity index is 1800. The quantitative estimate of drug-likeness (QED) is 0.188. The van der Waals surface area contributed by atoms with Gasteiger partial charge in [-0.15, -0.1) is 0 Å². The largest absolute Gasteiger partial charge is 0.429 e. The van der Waals surface area contributed by atoms with Crippen molar-refractivity contribution < 1.29 is 49.0 Å². The van der Waals surface area contributed by atoms with Crippen LogP contribution in [0, 0.1) is 11.6 Å². The van der Waals surface area contributed by atoms with Crippen molar-refractivity contribution >= 4 is 22.3 Å². The lowest BCUT2D eigenvalue weighted by Gasteiger charge is -2.22. The van der Waals surface area contributed by atoms with Crippen LogP contribution in [-0.4, -0.2) is 50.6 Å². The molecule has 1 aromatic carbocycles. The van der Waals surface area contributed by atoms with Crippen molar-refractivity contribution in [3.63, 3.8) is 0 Å². The lowest BCUT2D eigenvalue weighted by Crippen LogP contribution is -2.32. The van der Waals surface area contributed by atoms with Crippen molar-refractivity contribution in [1.82, 2.24) is 24.7 Å². The second kappa shape index (κ2) is 13.4. The number of alkyl halides is 7. The number of nitrogens with one attached hydrogen (secondary N) is 2. The van der Waals surface area contributed by atoms with Crippen molar-refractivity contribution in [2.45, 2.75) is 44.8 Å². The summed E-state index contributed by atoms with van der Waals surface area (Å²) in [6, 6.07) is 1.02. The minimum Gasteiger partial charge on any atom is -0.429 e. The van der Waals surface area contributed by atoms with Crippen molar-refractivity contribution in [3.8, 4) is 17.1 Å². The molecule has 0 saturated carbocycles. The first-order valence-corrected chi connectivity index (χ1v) is 12.6. The number of nitrogens with two attached hydrogens (primary N) is 1. The van der Waals surface area contributed by atoms with E-state index in [1.54, 1.807) is 5.10 Å². The van der Waals surface area contributed by atoms with Crippen LogP contribution in [0.4, 0.5) is 51.0 Å². The Balaban J connectivity index is 1.57. The molecule has 0 unspecified atom stereocenters. The minimum absolute atomic E-state index is 0.0734. The number of aromatic amines is 1. The highest BCUT2D eigenvalue weighted by atomic mass is 19.4. The van der Waals surface area contributed by atoms with Gasteiger partial charge in [0.05, 0.1) is 35.6 Å². The third kappa shape index (κ3) is 7.62. The molecule has 0 aliphatic rings. The average molecular weight is 653 g/mol. The molecule has 45 heavy (non-hydrogen) atoms. The third-order valence-corrected chi connectivity index (χ3v) is 6.26. The van der Waals surface area contributed by atoms with Crippen LogP contribution in [0.15, 0.2) is 40.3 Å². The van der Waals surface area contributed by atoms with E-state index in [0.717, 1.165) is 16.8 Å². The van der Waals surface area contributed by atoms with E-state index >= 15 is 8.78 Å². The smallest absolute Gasteiger partial charge is 0.423 e. The lowest BCUT2D eigenvalue weighted by molar-refractivity contribution is -0.138. The van der Waals surface area contributed by atoms with Gasteiger partial charge in [0.1, 0.15) is 5.56 Å². The molecule has 1 atom stereocenters. The van der Waals surface area contributed by atoms with Gasteiger partial charge in [0.15, 0.2) is 29.0 Å². The van der Waals surface area contributed by atoms with Crippen LogP contribution in [-0.2, 0) is 17.5 Å². The Kier molecular flexibility index (Phi) is 9.84. The Morgan fingerprint density at radius 3 is 2.44 bits per heavy atom. The van der Waals surface area contributed by atoms with Gasteiger partial charge in [-0.1, -0.05) is 0 Å². The van der Waals surface area contributed by atoms with Crippen LogP contribution in [0.5, 0.6) is 5.75 Å². The average Bonchev–Trinajstić information content (AvgIpc) is 2.94. The summed E-state index contributed by atoms with van der Waals surface area (Å²) < 4.78 is 130. The van der Waals surface area contributed by atoms with E-state index in [1.807, 2.05) is 0 Å². The molecule has 0 radical (unpaired) electrons. The number of benzene rings is 1. The summed E-state index contributed by atoms with van der Waals surface area (Å²) in [6.45, 7) is -7.56. The maximum atomic E-state index is 15.2. The second-order valence-electron chi connectivity index (χ2n) is 9.22. The number of aromatic nitrogens is 5. The van der Waals surface area contributed by atoms with E-state index in [2.05, 4.69) is 29.9 Å². The Morgan fingerprint density at radius 2 is 1.80 bits per heavy atom. The summed E-state index contributed by atoms with van der Waals surface area (Å²) in [5.41, 5.74) is -0.0464. The number of rotatable bonds is 12. The summed E-state index contributed by atoms with van der Waals surface area (Å²) in [5, 5.41) is 6.44. The molecule has 3 heterocycles. The zero-order valence-corrected chi connectivity index (χ0v) is 22.3. The highest BCUT2D eigenvalue weighted by Gasteiger charge is 2.38. The predicted octanol–water partition coefficient (Wildman–Crippen LogP) is 4.52. The van der Waals surface area contributed by atoms with Gasteiger partial charge in [0.2, 0.25) is 0 Å². The highest BCUT2D eigenvalue weighted by molar-refractivity contribution is 5.86. The van der Waals surface area contributed by atoms with E-state index in [9.17, 15) is 40.3 Å². The number of aryl methyl sites for hydroxylation is 1. The van der Waals surface area contributed by atoms with Crippen LogP contribution in [0.25, 0.3) is 22.2 Å². The SMILES string of the molecule is Nc1nc(-c2cc3ccn(CCC[C@H](COC(F)F)Nc4cn[nH]c(=O)c4C(F)(F)F)c(=O)c3c(F)c2F)ncc1OC(F)F. The van der Waals surface area contributed by atoms with E-state index in [-0.39, 0.29) is 24.8 Å². The number of fused-ring (bicyclic) bond motifs is 1. The summed E-state index contributed by atoms with van der Waals surface area (Å²) in [5.74, 6) is -4.84. The summed E-state index contributed by atoms with van der Waals surface area (Å²) in [6.07, 6.45) is -2.81. The van der Waals surface area contributed by atoms with E-state index in [1.165, 1.54) is 12.3 Å². The van der Waals surface area contributed by atoms with Gasteiger partial charge < -0.3 is 25.1 Å². The third-order valence-electron chi connectivity index (χ3n) is 6.26. The standard InChI is InChI=1S/C25H20F9N7O4/c26-17-12(20-36-8-14(19(35)39-20)45-24(30)31)6-10-3-5-41(22(43)15(10)18(17)27)4-1-2-11(9-44-23(28)29)38-13-7-37-40-21(42)16(13)25(32,33)34/h3,5-8,11,23-24H,1-2,4,9H2,(H2,35,36,39)(H2,38,40,42)/t11-/m1/s1. The first kappa shape index (κ1) is 33.0. The molecule has 0 aliphatic carbocycles. The molecule has 4 rings (SSSR count). The number of hydrogen-bond donors (Lipinski definition) is 3. The fourth-order valence-corrected chi connectivity index (χ4v) is 4.32. The molecule has 0 spiro atoms. The second-order valence-corrected chi connectivity index (χ2v) is 9.22. The number of pyridine rings is 1. The van der Waals surface area contributed by atoms with Crippen LogP contribution in [0.1, 0.15) is 18.4 Å². The molecule has 0 bridgehead atoms. The predicted molar refractivity (Wildman–Crippen MR) is 139 cm³/mol. The van der Waals surface area contributed by atoms with E-state index in [0.29, 0.717) is 6.20 Å². The molecule has 20 heteroatoms. The van der Waals surface area contributed by atoms with Gasteiger partial charge in [0, 0.05) is 18.8 Å². The zero-order valence-electron chi connectivity index (χ0n) is 22.3. The molecule has 3 aromatic heterocycles. The van der Waals surface area contributed by atoms with Crippen LogP contribution in [0.2, 0.25) is 0 Å². The molecule has 0 aliphatic heterocycles. The molecule has 242 valence electrons. The molecule has 0 amide bonds. The van der Waals surface area contributed by atoms with Crippen molar-refractivity contribution in [2.75, 3.05) is 17.7 Å². The van der Waals surface area contributed by atoms with Gasteiger partial charge in [-0.2, -0.15) is 35.8 Å². The summed E-state index contributed by atoms with van der Waals surface area (Å²) in [4.78, 5) is 32.1. The number of halogens is 9. The first-order chi connectivity index (χ1) is 21.2. The molecule has 0 fully saturated rings. The zero-order chi connectivity index (χ0) is 33.1. The Labute approximate surface area is 244 Å². The minimum atomic E-state index is -5.12. The molecule has 4 aromatic rings. The molecule has 4 N–H and O–H groups in total. The van der Waals surface area contributed by atoms with E-state index < -0.39 is 94.4 Å². The lowest BCUT2D eigenvalue weighted by atomic mass is 10.1. The fourth-order valence-electron chi connectivity index (χ4n) is 4.32. The number of ether oxygens (including phenoxy) is 2.